The van der Waals surface area contributed by atoms with Gasteiger partial charge in [0, 0.05) is 17.7 Å². The van der Waals surface area contributed by atoms with Crippen molar-refractivity contribution in [2.24, 2.45) is 0 Å². The molecule has 1 atom stereocenters. The van der Waals surface area contributed by atoms with E-state index >= 15 is 0 Å². The molecule has 2 rings (SSSR count). The van der Waals surface area contributed by atoms with Crippen LogP contribution in [0.3, 0.4) is 0 Å². The van der Waals surface area contributed by atoms with Gasteiger partial charge in [-0.05, 0) is 30.5 Å². The summed E-state index contributed by atoms with van der Waals surface area (Å²) in [5.74, 6) is -0.150. The Balaban J connectivity index is 1.79. The van der Waals surface area contributed by atoms with E-state index in [0.29, 0.717) is 9.21 Å². The van der Waals surface area contributed by atoms with Crippen molar-refractivity contribution in [2.75, 3.05) is 0 Å². The molecule has 0 aliphatic heterocycles. The fraction of sp³-hybridized carbons (Fsp3) is 0.286. The largest absolute Gasteiger partial charge is 0.349 e. The molecule has 20 heavy (non-hydrogen) atoms. The molecule has 2 heterocycles. The van der Waals surface area contributed by atoms with Crippen molar-refractivity contribution in [3.8, 4) is 0 Å². The Morgan fingerprint density at radius 1 is 1.30 bits per heavy atom. The zero-order valence-corrected chi connectivity index (χ0v) is 13.3. The molecule has 2 aromatic heterocycles. The van der Waals surface area contributed by atoms with E-state index in [2.05, 4.69) is 5.32 Å². The van der Waals surface area contributed by atoms with Crippen LogP contribution in [0.5, 0.6) is 0 Å². The molecular weight excluding hydrogens is 314 g/mol. The van der Waals surface area contributed by atoms with Crippen LogP contribution in [0, 0.1) is 0 Å². The van der Waals surface area contributed by atoms with E-state index in [9.17, 15) is 9.59 Å². The zero-order chi connectivity index (χ0) is 14.5. The van der Waals surface area contributed by atoms with Crippen molar-refractivity contribution >= 4 is 46.0 Å². The molecule has 0 saturated heterocycles. The molecule has 0 fully saturated rings. The molecule has 1 N–H and O–H groups in total. The molecule has 0 aliphatic rings. The van der Waals surface area contributed by atoms with Crippen LogP contribution in [-0.2, 0) is 4.79 Å². The van der Waals surface area contributed by atoms with Gasteiger partial charge in [-0.2, -0.15) is 0 Å². The highest BCUT2D eigenvalue weighted by atomic mass is 35.5. The smallest absolute Gasteiger partial charge is 0.220 e. The van der Waals surface area contributed by atoms with Crippen LogP contribution in [0.1, 0.15) is 40.4 Å². The molecule has 1 amide bonds. The van der Waals surface area contributed by atoms with Crippen molar-refractivity contribution in [2.45, 2.75) is 25.8 Å². The van der Waals surface area contributed by atoms with Crippen LogP contribution in [0.4, 0.5) is 0 Å². The topological polar surface area (TPSA) is 46.2 Å². The number of carbonyl (C=O) groups is 2. The van der Waals surface area contributed by atoms with Gasteiger partial charge in [0.15, 0.2) is 5.78 Å². The van der Waals surface area contributed by atoms with Gasteiger partial charge in [-0.25, -0.2) is 0 Å². The molecule has 0 spiro atoms. The number of amides is 1. The van der Waals surface area contributed by atoms with Gasteiger partial charge in [0.25, 0.3) is 0 Å². The first kappa shape index (κ1) is 15.2. The van der Waals surface area contributed by atoms with Gasteiger partial charge >= 0.3 is 0 Å². The molecule has 0 bridgehead atoms. The predicted molar refractivity (Wildman–Crippen MR) is 83.8 cm³/mol. The SMILES string of the molecule is CC(NC(=O)CCC(=O)c1ccc(Cl)s1)c1cccs1. The van der Waals surface area contributed by atoms with Gasteiger partial charge < -0.3 is 5.32 Å². The lowest BCUT2D eigenvalue weighted by Crippen LogP contribution is -2.26. The lowest BCUT2D eigenvalue weighted by molar-refractivity contribution is -0.121. The van der Waals surface area contributed by atoms with E-state index in [1.165, 1.54) is 11.3 Å². The summed E-state index contributed by atoms with van der Waals surface area (Å²) in [4.78, 5) is 25.4. The van der Waals surface area contributed by atoms with Crippen LogP contribution in [0.25, 0.3) is 0 Å². The Kier molecular flexibility index (Phi) is 5.34. The van der Waals surface area contributed by atoms with E-state index < -0.39 is 0 Å². The third kappa shape index (κ3) is 4.16. The predicted octanol–water partition coefficient (Wildman–Crippen LogP) is 4.30. The summed E-state index contributed by atoms with van der Waals surface area (Å²) in [7, 11) is 0. The van der Waals surface area contributed by atoms with E-state index in [1.807, 2.05) is 24.4 Å². The van der Waals surface area contributed by atoms with Crippen LogP contribution in [-0.4, -0.2) is 11.7 Å². The van der Waals surface area contributed by atoms with Crippen LogP contribution >= 0.6 is 34.3 Å². The first-order valence-corrected chi connectivity index (χ1v) is 8.25. The summed E-state index contributed by atoms with van der Waals surface area (Å²) in [6, 6.07) is 7.30. The average molecular weight is 328 g/mol. The molecule has 0 saturated carbocycles. The maximum atomic E-state index is 11.9. The zero-order valence-electron chi connectivity index (χ0n) is 10.9. The monoisotopic (exact) mass is 327 g/mol. The Morgan fingerprint density at radius 2 is 2.10 bits per heavy atom. The fourth-order valence-corrected chi connectivity index (χ4v) is 3.48. The number of carbonyl (C=O) groups excluding carboxylic acids is 2. The van der Waals surface area contributed by atoms with Gasteiger partial charge in [0.1, 0.15) is 0 Å². The molecule has 2 aromatic rings. The van der Waals surface area contributed by atoms with Gasteiger partial charge in [-0.3, -0.25) is 9.59 Å². The molecular formula is C14H14ClNO2S2. The van der Waals surface area contributed by atoms with Crippen LogP contribution < -0.4 is 5.32 Å². The second-order valence-corrected chi connectivity index (χ2v) is 7.03. The maximum absolute atomic E-state index is 11.9. The first-order valence-electron chi connectivity index (χ1n) is 6.17. The van der Waals surface area contributed by atoms with Crippen LogP contribution in [0.15, 0.2) is 29.6 Å². The molecule has 6 heteroatoms. The first-order chi connectivity index (χ1) is 9.56. The van der Waals surface area contributed by atoms with E-state index in [0.717, 1.165) is 4.88 Å². The third-order valence-corrected chi connectivity index (χ3v) is 5.10. The molecule has 0 aromatic carbocycles. The number of ketones is 1. The number of hydrogen-bond donors (Lipinski definition) is 1. The Bertz CT molecular complexity index is 592. The molecule has 3 nitrogen and oxygen atoms in total. The molecule has 1 unspecified atom stereocenters. The highest BCUT2D eigenvalue weighted by Gasteiger charge is 2.14. The van der Waals surface area contributed by atoms with Crippen molar-refractivity contribution in [1.82, 2.24) is 5.32 Å². The van der Waals surface area contributed by atoms with Crippen LogP contribution in [0.2, 0.25) is 4.34 Å². The highest BCUT2D eigenvalue weighted by Crippen LogP contribution is 2.23. The third-order valence-electron chi connectivity index (χ3n) is 2.77. The maximum Gasteiger partial charge on any atom is 0.220 e. The minimum Gasteiger partial charge on any atom is -0.349 e. The van der Waals surface area contributed by atoms with Gasteiger partial charge in [-0.1, -0.05) is 17.7 Å². The van der Waals surface area contributed by atoms with Crippen molar-refractivity contribution < 1.29 is 9.59 Å². The summed E-state index contributed by atoms with van der Waals surface area (Å²) in [6.45, 7) is 1.94. The molecule has 0 aliphatic carbocycles. The average Bonchev–Trinajstić information content (AvgIpc) is 3.06. The van der Waals surface area contributed by atoms with Crippen molar-refractivity contribution in [3.63, 3.8) is 0 Å². The van der Waals surface area contributed by atoms with E-state index in [1.54, 1.807) is 23.5 Å². The Morgan fingerprint density at radius 3 is 2.70 bits per heavy atom. The number of thiophene rings is 2. The number of hydrogen-bond acceptors (Lipinski definition) is 4. The number of nitrogens with one attached hydrogen (secondary N) is 1. The minimum atomic E-state index is -0.109. The van der Waals surface area contributed by atoms with E-state index in [-0.39, 0.29) is 30.6 Å². The lowest BCUT2D eigenvalue weighted by Gasteiger charge is -2.11. The highest BCUT2D eigenvalue weighted by molar-refractivity contribution is 7.18. The molecule has 0 radical (unpaired) electrons. The van der Waals surface area contributed by atoms with Gasteiger partial charge in [0.2, 0.25) is 5.91 Å². The summed E-state index contributed by atoms with van der Waals surface area (Å²) < 4.78 is 0.587. The van der Waals surface area contributed by atoms with E-state index in [4.69, 9.17) is 11.6 Å². The number of halogens is 1. The normalized spacial score (nSPS) is 12.1. The lowest BCUT2D eigenvalue weighted by atomic mass is 10.1. The van der Waals surface area contributed by atoms with Gasteiger partial charge in [-0.15, -0.1) is 22.7 Å². The Hall–Kier alpha value is -1.17. The summed E-state index contributed by atoms with van der Waals surface area (Å²) in [5, 5.41) is 4.87. The van der Waals surface area contributed by atoms with Gasteiger partial charge in [0.05, 0.1) is 15.3 Å². The van der Waals surface area contributed by atoms with Crippen molar-refractivity contribution in [3.05, 3.63) is 43.7 Å². The summed E-state index contributed by atoms with van der Waals surface area (Å²) >= 11 is 8.63. The number of rotatable bonds is 6. The summed E-state index contributed by atoms with van der Waals surface area (Å²) in [6.07, 6.45) is 0.407. The standard InChI is InChI=1S/C14H14ClNO2S2/c1-9(11-3-2-8-19-11)16-14(18)7-4-10(17)12-5-6-13(15)20-12/h2-3,5-6,8-9H,4,7H2,1H3,(H,16,18). The van der Waals surface area contributed by atoms with Crippen molar-refractivity contribution in [1.29, 1.82) is 0 Å². The fourth-order valence-electron chi connectivity index (χ4n) is 1.74. The second kappa shape index (κ2) is 7.02. The quantitative estimate of drug-likeness (QED) is 0.804. The number of Topliss-reactive ketones (excluding diaryl/α,β-unsaturated/α-hetero) is 1. The second-order valence-electron chi connectivity index (χ2n) is 4.33. The Labute approximate surface area is 130 Å². The summed E-state index contributed by atoms with van der Waals surface area (Å²) in [5.41, 5.74) is 0. The minimum absolute atomic E-state index is 0.0196. The molecule has 106 valence electrons.